The summed E-state index contributed by atoms with van der Waals surface area (Å²) in [5.74, 6) is -1.63. The number of carboxylic acids is 1. The predicted octanol–water partition coefficient (Wildman–Crippen LogP) is 11.9. The van der Waals surface area contributed by atoms with Crippen molar-refractivity contribution < 1.29 is 106 Å². The van der Waals surface area contributed by atoms with E-state index in [0.29, 0.717) is 108 Å². The largest absolute Gasteiger partial charge is 2.00 e. The first-order chi connectivity index (χ1) is 60.8. The Morgan fingerprint density at radius 1 is 0.519 bits per heavy atom. The van der Waals surface area contributed by atoms with Gasteiger partial charge in [0.15, 0.2) is 14.1 Å². The van der Waals surface area contributed by atoms with Gasteiger partial charge in [0.25, 0.3) is 33.7 Å². The molecule has 40 heteroatoms. The van der Waals surface area contributed by atoms with Gasteiger partial charge in [0.2, 0.25) is 0 Å². The van der Waals surface area contributed by atoms with Crippen LogP contribution in [0.2, 0.25) is 43.2 Å². The number of hydroxylamine groups is 3. The van der Waals surface area contributed by atoms with Gasteiger partial charge in [-0.2, -0.15) is 0 Å². The number of amides is 1. The average molecular weight is 2040 g/mol. The van der Waals surface area contributed by atoms with Crippen LogP contribution in [0.3, 0.4) is 0 Å². The van der Waals surface area contributed by atoms with Crippen LogP contribution in [0.5, 0.6) is 0 Å². The number of rotatable bonds is 18. The fourth-order valence-corrected chi connectivity index (χ4v) is 14.7. The van der Waals surface area contributed by atoms with Crippen molar-refractivity contribution in [3.8, 4) is 56.3 Å². The summed E-state index contributed by atoms with van der Waals surface area (Å²) in [6, 6.07) is 42.2. The maximum Gasteiger partial charge on any atom is 2.00 e. The van der Waals surface area contributed by atoms with Gasteiger partial charge in [-0.05, 0) is 151 Å². The van der Waals surface area contributed by atoms with Crippen LogP contribution in [0.1, 0.15) is 107 Å². The maximum absolute atomic E-state index is 12.1. The topological polar surface area (TPSA) is 407 Å². The Morgan fingerprint density at radius 2 is 0.805 bits per heavy atom. The fraction of sp³-hybridized carbons (Fsp3) is 0.247. The summed E-state index contributed by atoms with van der Waals surface area (Å²) in [7, 11) is 6.11. The quantitative estimate of drug-likeness (QED) is 0.00733. The number of nitrogens with one attached hydrogen (secondary N) is 6. The number of methoxy groups -OCH3 is 1. The number of nitrogens with zero attached hydrogens (tertiary/aromatic N) is 6. The monoisotopic (exact) mass is 2040 g/mol. The van der Waals surface area contributed by atoms with E-state index in [2.05, 4.69) is 89.8 Å². The van der Waals surface area contributed by atoms with Gasteiger partial charge in [0.05, 0.1) is 91.6 Å². The molecule has 1 unspecified atom stereocenters. The number of Topliss-reactive ketones (excluding diaryl/α,β-unsaturated/α-hetero) is 1. The predicted molar refractivity (Wildman–Crippen MR) is 523 cm³/mol. The minimum atomic E-state index is -1.46. The van der Waals surface area contributed by atoms with E-state index in [1.54, 1.807) is 232 Å². The summed E-state index contributed by atoms with van der Waals surface area (Å²) in [5.41, 5.74) is 12.2. The second-order valence-corrected chi connectivity index (χ2v) is 38.4. The zero-order chi connectivity index (χ0) is 93.5. The van der Waals surface area contributed by atoms with E-state index in [0.717, 1.165) is 64.5 Å². The van der Waals surface area contributed by atoms with Gasteiger partial charge in [-0.25, -0.2) is 20.1 Å². The number of ether oxygens (including phenoxy) is 2. The molecule has 10 aromatic heterocycles. The standard InChI is InChI=1S/C17H17ClN2O3.C16H14ClN3O3.C15H11ClN2O3.C15H11ClN2O2.C14H9ClN2O3.C9H21BrOSi.C4H8O.C2H7NO.CH3.ClH.Mg.Na.H2O/c1-17(23,6-7-21)12-4-2-11(3-5-12)14-10-20-9-13(18)8-15(20)16(22)19-14;1-19(23-2)16(22)11-5-3-10(4-6-11)13-9-20-8-12(17)7-14(20)15(21)18-13;1-21-15(20)10-4-2-9(3-5-10)12-8-18-7-11(16)6-13(18)14(19)17-12;1-9(19)10-2-4-11(5-3-10)13-8-18-7-12(16)6-14(18)15(20)17-13;15-10-5-12-13(18)16-11(7-17(12)6-10)8-1-3-9(4-2-8)14(19)20;1-9(2,3)12(4,5)11-8-6-7-10;1-2-4-5-3-1;1-3-4-2;;;;;/h2-5,8-10,21,23H,6-7H2,1H3,(H,19,22);3-9H,1-2H3,(H,18,21);2-8H,1H3,(H,17,19);2-8H,1H3,(H,17,20);1-7H,(H,16,18)(H,19,20);6-8H2,1-5H3;1-4H2;3H,1-2H3;1H3;1H;;;1H2/q;;;;;;;;-1;;+2;+1;/p-2. The molecule has 0 spiro atoms. The first-order valence-corrected chi connectivity index (χ1v) is 45.7. The molecule has 16 rings (SSSR count). The molecule has 698 valence electrons. The maximum atomic E-state index is 12.1. The van der Waals surface area contributed by atoms with Crippen LogP contribution in [0.25, 0.3) is 83.9 Å². The van der Waals surface area contributed by atoms with Gasteiger partial charge in [-0.15, -0.1) is 0 Å². The molecule has 1 saturated heterocycles. The van der Waals surface area contributed by atoms with Crippen molar-refractivity contribution in [3.05, 3.63) is 326 Å². The van der Waals surface area contributed by atoms with Gasteiger partial charge in [-0.3, -0.25) is 38.4 Å². The second-order valence-electron chi connectivity index (χ2n) is 30.6. The van der Waals surface area contributed by atoms with Crippen molar-refractivity contribution >= 4 is 157 Å². The number of aromatic nitrogens is 10. The number of aromatic amines is 5. The Labute approximate surface area is 845 Å². The van der Waals surface area contributed by atoms with E-state index in [1.807, 2.05) is 12.1 Å². The molecule has 1 aliphatic heterocycles. The molecule has 133 heavy (non-hydrogen) atoms. The number of halogens is 7. The van der Waals surface area contributed by atoms with Gasteiger partial charge in [-0.1, -0.05) is 180 Å². The molecular formula is C93H102BrCl6MgN12NaO18Si. The first-order valence-electron chi connectivity index (χ1n) is 39.8. The minimum absolute atomic E-state index is 0. The molecule has 1 atom stereocenters. The third-order valence-corrected chi connectivity index (χ3v) is 26.6. The number of hydrogen-bond acceptors (Lipinski definition) is 18. The number of hydrogen-bond donors (Lipinski definition) is 9. The number of ketones is 1. The Bertz CT molecular complexity index is 6520. The van der Waals surface area contributed by atoms with Crippen molar-refractivity contribution in [1.82, 2.24) is 57.5 Å². The Kier molecular flexibility index (Phi) is 46.8. The Balaban J connectivity index is 0.000000327. The van der Waals surface area contributed by atoms with Crippen molar-refractivity contribution in [2.24, 2.45) is 0 Å². The van der Waals surface area contributed by atoms with E-state index in [-0.39, 0.29) is 136 Å². The number of aliphatic hydroxyl groups is 2. The number of carbonyl (C=O) groups is 4. The van der Waals surface area contributed by atoms with E-state index < -0.39 is 25.9 Å². The number of alkyl halides is 1. The van der Waals surface area contributed by atoms with Crippen LogP contribution < -0.4 is 75.2 Å². The van der Waals surface area contributed by atoms with Crippen LogP contribution >= 0.6 is 73.9 Å². The molecule has 30 nitrogen and oxygen atoms in total. The SMILES string of the molecule is C1CCOC1.CC(=O)c1ccc(-c2cn3cc(Cl)cc3c(=O)[nH]2)cc1.CC(C)(C)[Si](C)(C)OCCCBr.CC(O)(CCO)c1ccc(-c2cn3cc(Cl)cc3c(=O)[nH]2)cc1.CNOC.COC(=O)c1ccc(-c2cn3cc(Cl)cc3c(=O)[nH]2)cc1.CON(C)C(=O)c1ccc(-c2cn3cc(Cl)cc3c(=O)[nH]2)cc1.O=C(O)c1ccc(-c2cn3cc(Cl)cc3c(=O)[nH]2)cc1.[CH3-].[Cl-].[Mg+2].[Na+].[OH-]. The van der Waals surface area contributed by atoms with E-state index in [4.69, 9.17) is 82.2 Å². The van der Waals surface area contributed by atoms with Crippen LogP contribution in [-0.2, 0) is 29.2 Å². The minimum Gasteiger partial charge on any atom is -1.00 e. The summed E-state index contributed by atoms with van der Waals surface area (Å²) < 4.78 is 23.9. The van der Waals surface area contributed by atoms with Crippen molar-refractivity contribution in [2.75, 3.05) is 67.2 Å². The molecular weight excluding hydrogens is 1940 g/mol. The van der Waals surface area contributed by atoms with Crippen LogP contribution in [-0.4, -0.2) is 195 Å². The normalized spacial score (nSPS) is 11.6. The average Bonchev–Trinajstić information content (AvgIpc) is 1.50. The number of aliphatic hydroxyl groups excluding tert-OH is 1. The molecule has 15 aromatic rings. The number of esters is 1. The molecule has 0 aliphatic carbocycles. The number of H-pyrrole nitrogens is 5. The molecule has 10 N–H and O–H groups in total. The fourth-order valence-electron chi connectivity index (χ4n) is 12.3. The molecule has 11 heterocycles. The van der Waals surface area contributed by atoms with Gasteiger partial charge >= 0.3 is 64.5 Å². The third kappa shape index (κ3) is 32.1. The first kappa shape index (κ1) is 116. The number of carbonyl (C=O) groups excluding carboxylic acids is 3. The van der Waals surface area contributed by atoms with Gasteiger partial charge in [0, 0.05) is 125 Å². The van der Waals surface area contributed by atoms with Crippen molar-refractivity contribution in [3.63, 3.8) is 0 Å². The molecule has 1 fully saturated rings. The second kappa shape index (κ2) is 53.7. The summed E-state index contributed by atoms with van der Waals surface area (Å²) in [5, 5.41) is 33.2. The summed E-state index contributed by atoms with van der Waals surface area (Å²) in [6.07, 6.45) is 21.1. The number of fused-ring (bicyclic) bond motifs is 5. The molecule has 0 radical (unpaired) electrons. The van der Waals surface area contributed by atoms with E-state index in [9.17, 15) is 48.3 Å². The van der Waals surface area contributed by atoms with Gasteiger partial charge < -0.3 is 106 Å². The van der Waals surface area contributed by atoms with E-state index >= 15 is 0 Å². The van der Waals surface area contributed by atoms with E-state index in [1.165, 1.54) is 53.2 Å². The molecule has 5 aromatic carbocycles. The van der Waals surface area contributed by atoms with Gasteiger partial charge in [0.1, 0.15) is 27.6 Å². The Morgan fingerprint density at radius 3 is 1.05 bits per heavy atom. The number of benzene rings is 5. The molecule has 0 bridgehead atoms. The van der Waals surface area contributed by atoms with Crippen LogP contribution in [0.4, 0.5) is 0 Å². The molecule has 0 saturated carbocycles. The zero-order valence-corrected chi connectivity index (χ0v) is 86.1. The zero-order valence-electron chi connectivity index (χ0n) is 75.6. The smallest absolute Gasteiger partial charge is 1.00 e. The Hall–Kier alpha value is -9.49. The summed E-state index contributed by atoms with van der Waals surface area (Å²) >= 11 is 32.9. The number of carboxylic acid groups (broad SMARTS) is 1. The molecule has 1 amide bonds. The van der Waals surface area contributed by atoms with Crippen LogP contribution in [0, 0.1) is 7.43 Å². The van der Waals surface area contributed by atoms with Crippen LogP contribution in [0.15, 0.2) is 238 Å². The van der Waals surface area contributed by atoms with Crippen molar-refractivity contribution in [2.45, 2.75) is 84.0 Å². The number of aromatic carboxylic acids is 1. The summed E-state index contributed by atoms with van der Waals surface area (Å²) in [6.45, 7) is 17.4. The third-order valence-electron chi connectivity index (χ3n) is 20.5. The summed E-state index contributed by atoms with van der Waals surface area (Å²) in [4.78, 5) is 129. The van der Waals surface area contributed by atoms with Crippen molar-refractivity contribution in [1.29, 1.82) is 0 Å². The molecule has 1 aliphatic rings.